The SMILES string of the molecule is Cc1ccc(O)c(C2CC2)c1-n1c(N)c(C(N)=O)c2nc3ccccc3nc21. The first-order chi connectivity index (χ1) is 13.5. The largest absolute Gasteiger partial charge is 0.508 e. The zero-order valence-corrected chi connectivity index (χ0v) is 15.3. The van der Waals surface area contributed by atoms with Crippen molar-refractivity contribution >= 4 is 33.9 Å². The first kappa shape index (κ1) is 16.6. The van der Waals surface area contributed by atoms with Gasteiger partial charge in [0.2, 0.25) is 0 Å². The van der Waals surface area contributed by atoms with Gasteiger partial charge in [0.15, 0.2) is 5.65 Å². The van der Waals surface area contributed by atoms with E-state index in [1.807, 2.05) is 37.3 Å². The molecule has 0 unspecified atom stereocenters. The number of hydrogen-bond donors (Lipinski definition) is 3. The lowest BCUT2D eigenvalue weighted by Gasteiger charge is -2.17. The average molecular weight is 373 g/mol. The summed E-state index contributed by atoms with van der Waals surface area (Å²) in [7, 11) is 0. The van der Waals surface area contributed by atoms with Crippen LogP contribution in [0.1, 0.15) is 40.2 Å². The molecule has 1 amide bonds. The lowest BCUT2D eigenvalue weighted by molar-refractivity contribution is 0.100. The highest BCUT2D eigenvalue weighted by atomic mass is 16.3. The lowest BCUT2D eigenvalue weighted by Crippen LogP contribution is -2.14. The fourth-order valence-electron chi connectivity index (χ4n) is 3.91. The Bertz CT molecular complexity index is 1290. The van der Waals surface area contributed by atoms with Gasteiger partial charge in [0.1, 0.15) is 22.6 Å². The van der Waals surface area contributed by atoms with Crippen LogP contribution in [0.2, 0.25) is 0 Å². The number of aromatic nitrogens is 3. The maximum Gasteiger partial charge on any atom is 0.254 e. The maximum absolute atomic E-state index is 12.2. The van der Waals surface area contributed by atoms with Crippen LogP contribution >= 0.6 is 0 Å². The Morgan fingerprint density at radius 2 is 1.82 bits per heavy atom. The van der Waals surface area contributed by atoms with E-state index in [2.05, 4.69) is 4.98 Å². The minimum atomic E-state index is -0.656. The molecule has 1 aliphatic carbocycles. The number of primary amides is 1. The number of hydrogen-bond acceptors (Lipinski definition) is 5. The third kappa shape index (κ3) is 2.26. The van der Waals surface area contributed by atoms with Gasteiger partial charge in [-0.3, -0.25) is 9.36 Å². The summed E-state index contributed by atoms with van der Waals surface area (Å²) < 4.78 is 1.72. The molecule has 5 N–H and O–H groups in total. The van der Waals surface area contributed by atoms with Crippen molar-refractivity contribution in [3.05, 3.63) is 53.1 Å². The second-order valence-corrected chi connectivity index (χ2v) is 7.28. The van der Waals surface area contributed by atoms with Gasteiger partial charge < -0.3 is 16.6 Å². The molecule has 0 saturated heterocycles. The van der Waals surface area contributed by atoms with Gasteiger partial charge in [-0.2, -0.15) is 0 Å². The Kier molecular flexibility index (Phi) is 3.37. The van der Waals surface area contributed by atoms with E-state index in [-0.39, 0.29) is 23.0 Å². The van der Waals surface area contributed by atoms with Crippen molar-refractivity contribution < 1.29 is 9.90 Å². The summed E-state index contributed by atoms with van der Waals surface area (Å²) >= 11 is 0. The van der Waals surface area contributed by atoms with Crippen LogP contribution in [0.15, 0.2) is 36.4 Å². The molecule has 1 saturated carbocycles. The molecular formula is C21H19N5O2. The highest BCUT2D eigenvalue weighted by Crippen LogP contribution is 2.49. The number of anilines is 1. The van der Waals surface area contributed by atoms with Crippen LogP contribution in [0.25, 0.3) is 27.9 Å². The molecular weight excluding hydrogens is 354 g/mol. The van der Waals surface area contributed by atoms with Crippen molar-refractivity contribution in [1.29, 1.82) is 0 Å². The van der Waals surface area contributed by atoms with Gasteiger partial charge in [0.05, 0.1) is 16.7 Å². The number of rotatable bonds is 3. The first-order valence-corrected chi connectivity index (χ1v) is 9.16. The van der Waals surface area contributed by atoms with E-state index in [1.54, 1.807) is 10.6 Å². The minimum absolute atomic E-state index is 0.151. The van der Waals surface area contributed by atoms with Crippen LogP contribution < -0.4 is 11.5 Å². The number of phenolic OH excluding ortho intramolecular Hbond substituents is 1. The van der Waals surface area contributed by atoms with Gasteiger partial charge in [-0.25, -0.2) is 9.97 Å². The summed E-state index contributed by atoms with van der Waals surface area (Å²) in [4.78, 5) is 21.6. The second kappa shape index (κ2) is 5.69. The summed E-state index contributed by atoms with van der Waals surface area (Å²) in [6, 6.07) is 11.0. The van der Waals surface area contributed by atoms with Gasteiger partial charge in [0.25, 0.3) is 5.91 Å². The van der Waals surface area contributed by atoms with Crippen LogP contribution in [0.4, 0.5) is 5.82 Å². The van der Waals surface area contributed by atoms with Crippen LogP contribution in [-0.4, -0.2) is 25.5 Å². The van der Waals surface area contributed by atoms with E-state index < -0.39 is 5.91 Å². The average Bonchev–Trinajstić information content (AvgIpc) is 3.45. The molecule has 140 valence electrons. The number of benzene rings is 2. The predicted molar refractivity (Wildman–Crippen MR) is 108 cm³/mol. The van der Waals surface area contributed by atoms with Crippen molar-refractivity contribution in [2.45, 2.75) is 25.7 Å². The third-order valence-electron chi connectivity index (χ3n) is 5.35. The number of aromatic hydroxyl groups is 1. The van der Waals surface area contributed by atoms with Gasteiger partial charge in [0, 0.05) is 5.56 Å². The van der Waals surface area contributed by atoms with E-state index in [9.17, 15) is 9.90 Å². The van der Waals surface area contributed by atoms with Crippen molar-refractivity contribution in [2.24, 2.45) is 5.73 Å². The molecule has 1 fully saturated rings. The van der Waals surface area contributed by atoms with E-state index in [0.717, 1.165) is 29.7 Å². The van der Waals surface area contributed by atoms with Crippen LogP contribution in [-0.2, 0) is 0 Å². The van der Waals surface area contributed by atoms with Crippen molar-refractivity contribution in [3.63, 3.8) is 0 Å². The van der Waals surface area contributed by atoms with Gasteiger partial charge in [-0.15, -0.1) is 0 Å². The molecule has 7 nitrogen and oxygen atoms in total. The maximum atomic E-state index is 12.2. The number of carbonyl (C=O) groups is 1. The number of carbonyl (C=O) groups excluding carboxylic acids is 1. The summed E-state index contributed by atoms with van der Waals surface area (Å²) in [6.07, 6.45) is 2.00. The van der Waals surface area contributed by atoms with Crippen LogP contribution in [0.3, 0.4) is 0 Å². The second-order valence-electron chi connectivity index (χ2n) is 7.28. The number of nitrogens with zero attached hydrogens (tertiary/aromatic N) is 3. The smallest absolute Gasteiger partial charge is 0.254 e. The molecule has 2 heterocycles. The zero-order chi connectivity index (χ0) is 19.6. The number of amides is 1. The Hall–Kier alpha value is -3.61. The zero-order valence-electron chi connectivity index (χ0n) is 15.3. The Morgan fingerprint density at radius 3 is 2.46 bits per heavy atom. The molecule has 0 aliphatic heterocycles. The summed E-state index contributed by atoms with van der Waals surface area (Å²) in [6.45, 7) is 1.95. The molecule has 0 atom stereocenters. The highest BCUT2D eigenvalue weighted by molar-refractivity contribution is 6.10. The summed E-state index contributed by atoms with van der Waals surface area (Å²) in [5, 5.41) is 10.6. The molecule has 1 aliphatic rings. The van der Waals surface area contributed by atoms with Gasteiger partial charge in [-0.05, 0) is 49.4 Å². The van der Waals surface area contributed by atoms with Gasteiger partial charge in [-0.1, -0.05) is 18.2 Å². The van der Waals surface area contributed by atoms with Crippen LogP contribution in [0, 0.1) is 6.92 Å². The quantitative estimate of drug-likeness (QED) is 0.509. The molecule has 0 bridgehead atoms. The number of nitrogens with two attached hydrogens (primary N) is 2. The molecule has 2 aromatic heterocycles. The van der Waals surface area contributed by atoms with Crippen molar-refractivity contribution in [2.75, 3.05) is 5.73 Å². The molecule has 2 aromatic carbocycles. The standard InChI is InChI=1S/C21H19N5O2/c1-10-6-9-14(27)15(11-7-8-11)18(10)26-19(22)16(20(23)28)17-21(26)25-13-5-3-2-4-12(13)24-17/h2-6,9,11,27H,7-8,22H2,1H3,(H2,23,28). The minimum Gasteiger partial charge on any atom is -0.508 e. The third-order valence-corrected chi connectivity index (χ3v) is 5.35. The Balaban J connectivity index is 1.96. The molecule has 4 aromatic rings. The first-order valence-electron chi connectivity index (χ1n) is 9.16. The highest BCUT2D eigenvalue weighted by Gasteiger charge is 2.33. The summed E-state index contributed by atoms with van der Waals surface area (Å²) in [5.74, 6) is 0.0148. The number of fused-ring (bicyclic) bond motifs is 2. The predicted octanol–water partition coefficient (Wildman–Crippen LogP) is 3.15. The molecule has 0 radical (unpaired) electrons. The van der Waals surface area contributed by atoms with Gasteiger partial charge >= 0.3 is 0 Å². The monoisotopic (exact) mass is 373 g/mol. The number of phenols is 1. The van der Waals surface area contributed by atoms with Crippen LogP contribution in [0.5, 0.6) is 5.75 Å². The fraction of sp³-hybridized carbons (Fsp3) is 0.190. The number of aryl methyl sites for hydroxylation is 1. The summed E-state index contributed by atoms with van der Waals surface area (Å²) in [5.41, 5.74) is 16.9. The normalized spacial score (nSPS) is 14.0. The van der Waals surface area contributed by atoms with E-state index >= 15 is 0 Å². The lowest BCUT2D eigenvalue weighted by atomic mass is 10.0. The topological polar surface area (TPSA) is 120 Å². The molecule has 7 heteroatoms. The van der Waals surface area contributed by atoms with E-state index in [1.165, 1.54) is 0 Å². The van der Waals surface area contributed by atoms with E-state index in [0.29, 0.717) is 22.2 Å². The van der Waals surface area contributed by atoms with E-state index in [4.69, 9.17) is 16.5 Å². The fourth-order valence-corrected chi connectivity index (χ4v) is 3.91. The number of para-hydroxylation sites is 2. The molecule has 5 rings (SSSR count). The molecule has 0 spiro atoms. The number of nitrogen functional groups attached to an aromatic ring is 1. The van der Waals surface area contributed by atoms with Crippen molar-refractivity contribution in [3.8, 4) is 11.4 Å². The molecule has 28 heavy (non-hydrogen) atoms. The van der Waals surface area contributed by atoms with Crippen molar-refractivity contribution in [1.82, 2.24) is 14.5 Å². The Labute approximate surface area is 160 Å². The Morgan fingerprint density at radius 1 is 1.14 bits per heavy atom.